The van der Waals surface area contributed by atoms with E-state index in [1.165, 1.54) is 5.39 Å². The standard InChI is InChI=1S/C29H33N5O2/c1-33-13-15-34(16-14-33)17-18-36-27-10-7-24(29(21-27)35-2)6-9-26-20-25(31-32-26)8-4-22-3-5-23-11-12-30-28(23)19-22/h3-12,19-21,30H,13-18H2,1-2H3,(H,31,32). The monoisotopic (exact) mass is 483 g/mol. The minimum atomic E-state index is 0.672. The topological polar surface area (TPSA) is 69.4 Å². The van der Waals surface area contributed by atoms with E-state index in [0.717, 1.165) is 72.3 Å². The number of piperazine rings is 1. The lowest BCUT2D eigenvalue weighted by molar-refractivity contribution is 0.133. The Morgan fingerprint density at radius 3 is 2.69 bits per heavy atom. The van der Waals surface area contributed by atoms with Crippen molar-refractivity contribution in [3.05, 3.63) is 77.2 Å². The lowest BCUT2D eigenvalue weighted by Crippen LogP contribution is -2.45. The van der Waals surface area contributed by atoms with Crippen LogP contribution >= 0.6 is 0 Å². The molecule has 2 aromatic carbocycles. The van der Waals surface area contributed by atoms with Gasteiger partial charge >= 0.3 is 0 Å². The summed E-state index contributed by atoms with van der Waals surface area (Å²) < 4.78 is 11.6. The maximum absolute atomic E-state index is 6.00. The summed E-state index contributed by atoms with van der Waals surface area (Å²) in [6, 6.07) is 16.4. The van der Waals surface area contributed by atoms with Gasteiger partial charge in [0.2, 0.25) is 0 Å². The van der Waals surface area contributed by atoms with E-state index < -0.39 is 0 Å². The van der Waals surface area contributed by atoms with Crippen molar-refractivity contribution >= 4 is 35.2 Å². The summed E-state index contributed by atoms with van der Waals surface area (Å²) >= 11 is 0. The number of aromatic amines is 2. The molecule has 0 bridgehead atoms. The average Bonchev–Trinajstić information content (AvgIpc) is 3.57. The summed E-state index contributed by atoms with van der Waals surface area (Å²) in [7, 11) is 3.86. The van der Waals surface area contributed by atoms with Crippen molar-refractivity contribution < 1.29 is 9.47 Å². The summed E-state index contributed by atoms with van der Waals surface area (Å²) in [6.07, 6.45) is 10.0. The second-order valence-corrected chi connectivity index (χ2v) is 9.14. The van der Waals surface area contributed by atoms with Crippen LogP contribution in [0.15, 0.2) is 54.7 Å². The van der Waals surface area contributed by atoms with Crippen molar-refractivity contribution in [3.8, 4) is 11.5 Å². The van der Waals surface area contributed by atoms with Gasteiger partial charge in [0.1, 0.15) is 18.1 Å². The highest BCUT2D eigenvalue weighted by atomic mass is 16.5. The van der Waals surface area contributed by atoms with E-state index in [2.05, 4.69) is 62.4 Å². The Morgan fingerprint density at radius 2 is 1.83 bits per heavy atom. The normalized spacial score (nSPS) is 15.4. The molecule has 0 aliphatic carbocycles. The van der Waals surface area contributed by atoms with Crippen LogP contribution in [0.5, 0.6) is 11.5 Å². The minimum absolute atomic E-state index is 0.672. The third-order valence-corrected chi connectivity index (χ3v) is 6.56. The molecule has 5 rings (SSSR count). The van der Waals surface area contributed by atoms with E-state index in [-0.39, 0.29) is 0 Å². The van der Waals surface area contributed by atoms with Gasteiger partial charge in [-0.3, -0.25) is 10.00 Å². The van der Waals surface area contributed by atoms with Crippen LogP contribution in [-0.2, 0) is 0 Å². The molecule has 7 nitrogen and oxygen atoms in total. The highest BCUT2D eigenvalue weighted by Crippen LogP contribution is 2.26. The zero-order valence-electron chi connectivity index (χ0n) is 20.9. The van der Waals surface area contributed by atoms with Crippen molar-refractivity contribution in [1.29, 1.82) is 0 Å². The molecule has 0 saturated carbocycles. The van der Waals surface area contributed by atoms with Gasteiger partial charge in [0, 0.05) is 56.1 Å². The molecular weight excluding hydrogens is 450 g/mol. The van der Waals surface area contributed by atoms with E-state index in [1.54, 1.807) is 7.11 Å². The van der Waals surface area contributed by atoms with E-state index in [0.29, 0.717) is 6.61 Å². The number of hydrogen-bond donors (Lipinski definition) is 2. The largest absolute Gasteiger partial charge is 0.496 e. The first-order valence-electron chi connectivity index (χ1n) is 12.4. The fourth-order valence-corrected chi connectivity index (χ4v) is 4.34. The molecule has 36 heavy (non-hydrogen) atoms. The number of fused-ring (bicyclic) bond motifs is 1. The van der Waals surface area contributed by atoms with Crippen LogP contribution in [-0.4, -0.2) is 78.5 Å². The molecule has 1 aliphatic heterocycles. The van der Waals surface area contributed by atoms with Gasteiger partial charge < -0.3 is 19.4 Å². The molecule has 7 heteroatoms. The second kappa shape index (κ2) is 11.3. The van der Waals surface area contributed by atoms with Gasteiger partial charge in [0.25, 0.3) is 0 Å². The van der Waals surface area contributed by atoms with E-state index in [1.807, 2.05) is 48.7 Å². The lowest BCUT2D eigenvalue weighted by Gasteiger charge is -2.32. The van der Waals surface area contributed by atoms with E-state index in [9.17, 15) is 0 Å². The highest BCUT2D eigenvalue weighted by molar-refractivity contribution is 5.83. The zero-order chi connectivity index (χ0) is 24.7. The van der Waals surface area contributed by atoms with E-state index >= 15 is 0 Å². The van der Waals surface area contributed by atoms with Crippen LogP contribution in [0.2, 0.25) is 0 Å². The van der Waals surface area contributed by atoms with Gasteiger partial charge in [-0.15, -0.1) is 0 Å². The molecule has 0 radical (unpaired) electrons. The zero-order valence-corrected chi connectivity index (χ0v) is 20.9. The Balaban J connectivity index is 1.17. The fourth-order valence-electron chi connectivity index (χ4n) is 4.34. The molecule has 3 heterocycles. The molecular formula is C29H33N5O2. The molecule has 1 saturated heterocycles. The number of nitrogens with one attached hydrogen (secondary N) is 2. The molecule has 2 aromatic heterocycles. The van der Waals surface area contributed by atoms with Crippen LogP contribution in [0.1, 0.15) is 22.5 Å². The average molecular weight is 484 g/mol. The van der Waals surface area contributed by atoms with Crippen LogP contribution < -0.4 is 9.47 Å². The Morgan fingerprint density at radius 1 is 0.944 bits per heavy atom. The Labute approximate surface area is 212 Å². The first-order valence-corrected chi connectivity index (χ1v) is 12.4. The molecule has 1 fully saturated rings. The number of hydrogen-bond acceptors (Lipinski definition) is 5. The number of benzene rings is 2. The number of aromatic nitrogens is 3. The van der Waals surface area contributed by atoms with Crippen molar-refractivity contribution in [3.63, 3.8) is 0 Å². The van der Waals surface area contributed by atoms with Crippen molar-refractivity contribution in [1.82, 2.24) is 25.0 Å². The Hall–Kier alpha value is -3.81. The van der Waals surface area contributed by atoms with Crippen molar-refractivity contribution in [2.24, 2.45) is 0 Å². The maximum atomic E-state index is 6.00. The smallest absolute Gasteiger partial charge is 0.129 e. The summed E-state index contributed by atoms with van der Waals surface area (Å²) in [5, 5.41) is 8.69. The van der Waals surface area contributed by atoms with Gasteiger partial charge in [-0.2, -0.15) is 5.10 Å². The van der Waals surface area contributed by atoms with Crippen molar-refractivity contribution in [2.75, 3.05) is 53.5 Å². The first kappa shape index (κ1) is 23.9. The third-order valence-electron chi connectivity index (χ3n) is 6.56. The molecule has 0 unspecified atom stereocenters. The maximum Gasteiger partial charge on any atom is 0.129 e. The first-order chi connectivity index (χ1) is 17.7. The number of H-pyrrole nitrogens is 2. The number of rotatable bonds is 9. The van der Waals surface area contributed by atoms with E-state index in [4.69, 9.17) is 9.47 Å². The number of likely N-dealkylation sites (N-methyl/N-ethyl adjacent to an activating group) is 1. The molecule has 0 atom stereocenters. The predicted octanol–water partition coefficient (Wildman–Crippen LogP) is 4.87. The molecule has 0 spiro atoms. The Kier molecular flexibility index (Phi) is 7.50. The second-order valence-electron chi connectivity index (χ2n) is 9.14. The van der Waals surface area contributed by atoms with Crippen molar-refractivity contribution in [2.45, 2.75) is 0 Å². The molecule has 4 aromatic rings. The number of methoxy groups -OCH3 is 1. The SMILES string of the molecule is COc1cc(OCCN2CCN(C)CC2)ccc1C=Cc1cc(C=Cc2ccc3cc[nH]c3c2)n[nH]1. The minimum Gasteiger partial charge on any atom is -0.496 e. The van der Waals surface area contributed by atoms with Gasteiger partial charge in [-0.1, -0.05) is 18.2 Å². The summed E-state index contributed by atoms with van der Waals surface area (Å²) in [5.74, 6) is 1.60. The molecule has 186 valence electrons. The number of ether oxygens (including phenoxy) is 2. The summed E-state index contributed by atoms with van der Waals surface area (Å²) in [6.45, 7) is 6.04. The quantitative estimate of drug-likeness (QED) is 0.356. The van der Waals surface area contributed by atoms with Gasteiger partial charge in [-0.25, -0.2) is 0 Å². The lowest BCUT2D eigenvalue weighted by atomic mass is 10.1. The Bertz CT molecular complexity index is 1340. The number of nitrogens with zero attached hydrogens (tertiary/aromatic N) is 3. The molecule has 2 N–H and O–H groups in total. The summed E-state index contributed by atoms with van der Waals surface area (Å²) in [4.78, 5) is 8.05. The molecule has 1 aliphatic rings. The van der Waals surface area contributed by atoms with Crippen LogP contribution in [0.25, 0.3) is 35.2 Å². The fraction of sp³-hybridized carbons (Fsp3) is 0.276. The van der Waals surface area contributed by atoms with Gasteiger partial charge in [0.15, 0.2) is 0 Å². The third kappa shape index (κ3) is 6.05. The van der Waals surface area contributed by atoms with Gasteiger partial charge in [0.05, 0.1) is 18.5 Å². The van der Waals surface area contributed by atoms with Crippen LogP contribution in [0.4, 0.5) is 0 Å². The molecule has 0 amide bonds. The van der Waals surface area contributed by atoms with Gasteiger partial charge in [-0.05, 0) is 66.6 Å². The van der Waals surface area contributed by atoms with Crippen LogP contribution in [0, 0.1) is 0 Å². The predicted molar refractivity (Wildman–Crippen MR) is 147 cm³/mol. The van der Waals surface area contributed by atoms with Crippen LogP contribution in [0.3, 0.4) is 0 Å². The highest BCUT2D eigenvalue weighted by Gasteiger charge is 2.13. The summed E-state index contributed by atoms with van der Waals surface area (Å²) in [5.41, 5.74) is 5.03.